The van der Waals surface area contributed by atoms with Crippen LogP contribution in [-0.4, -0.2) is 24.7 Å². The number of halogens is 1. The molecule has 0 aromatic heterocycles. The van der Waals surface area contributed by atoms with Crippen molar-refractivity contribution in [3.63, 3.8) is 0 Å². The molecule has 110 valence electrons. The number of carboxylic acid groups (broad SMARTS) is 1. The third kappa shape index (κ3) is 2.85. The van der Waals surface area contributed by atoms with Crippen LogP contribution >= 0.6 is 0 Å². The summed E-state index contributed by atoms with van der Waals surface area (Å²) in [7, 11) is -3.59. The summed E-state index contributed by atoms with van der Waals surface area (Å²) in [6.45, 7) is 2.09. The highest BCUT2D eigenvalue weighted by atomic mass is 32.2. The molecule has 20 heavy (non-hydrogen) atoms. The lowest BCUT2D eigenvalue weighted by Crippen LogP contribution is -2.26. The summed E-state index contributed by atoms with van der Waals surface area (Å²) in [5.74, 6) is -1.87. The first kappa shape index (κ1) is 15.0. The van der Waals surface area contributed by atoms with E-state index < -0.39 is 32.4 Å². The van der Waals surface area contributed by atoms with Crippen molar-refractivity contribution < 1.29 is 22.7 Å². The van der Waals surface area contributed by atoms with Gasteiger partial charge in [0.1, 0.15) is 5.82 Å². The van der Waals surface area contributed by atoms with Crippen LogP contribution in [0.25, 0.3) is 0 Å². The lowest BCUT2D eigenvalue weighted by Gasteiger charge is -2.26. The molecule has 0 atom stereocenters. The summed E-state index contributed by atoms with van der Waals surface area (Å²) in [6.07, 6.45) is 2.83. The van der Waals surface area contributed by atoms with Gasteiger partial charge in [0.05, 0.1) is 15.7 Å². The Morgan fingerprint density at radius 2 is 1.85 bits per heavy atom. The predicted octanol–water partition coefficient (Wildman–Crippen LogP) is 2.88. The molecule has 6 heteroatoms. The Labute approximate surface area is 117 Å². The quantitative estimate of drug-likeness (QED) is 0.871. The molecular weight excluding hydrogens is 283 g/mol. The molecule has 1 N–H and O–H groups in total. The fourth-order valence-electron chi connectivity index (χ4n) is 2.58. The van der Waals surface area contributed by atoms with Gasteiger partial charge in [0.15, 0.2) is 9.84 Å². The molecule has 1 saturated carbocycles. The van der Waals surface area contributed by atoms with Gasteiger partial charge in [-0.15, -0.1) is 0 Å². The van der Waals surface area contributed by atoms with Gasteiger partial charge in [0, 0.05) is 0 Å². The van der Waals surface area contributed by atoms with Gasteiger partial charge in [0.2, 0.25) is 0 Å². The average molecular weight is 300 g/mol. The third-order valence-corrected chi connectivity index (χ3v) is 6.16. The Balaban J connectivity index is 2.35. The van der Waals surface area contributed by atoms with Crippen LogP contribution in [0.15, 0.2) is 23.1 Å². The number of sulfone groups is 1. The zero-order valence-corrected chi connectivity index (χ0v) is 12.0. The van der Waals surface area contributed by atoms with Gasteiger partial charge in [0.25, 0.3) is 0 Å². The van der Waals surface area contributed by atoms with Gasteiger partial charge in [-0.3, -0.25) is 0 Å². The maximum Gasteiger partial charge on any atom is 0.338 e. The van der Waals surface area contributed by atoms with E-state index in [0.29, 0.717) is 18.8 Å². The second kappa shape index (κ2) is 5.52. The lowest BCUT2D eigenvalue weighted by atomic mass is 9.91. The van der Waals surface area contributed by atoms with Gasteiger partial charge >= 0.3 is 5.97 Å². The first-order valence-corrected chi connectivity index (χ1v) is 8.13. The summed E-state index contributed by atoms with van der Waals surface area (Å²) in [6, 6.07) is 2.97. The molecule has 0 amide bonds. The minimum atomic E-state index is -3.59. The van der Waals surface area contributed by atoms with Crippen LogP contribution in [0.5, 0.6) is 0 Å². The monoisotopic (exact) mass is 300 g/mol. The molecule has 2 rings (SSSR count). The fourth-order valence-corrected chi connectivity index (χ4v) is 4.40. The molecule has 0 unspecified atom stereocenters. The average Bonchev–Trinajstić information content (AvgIpc) is 2.39. The van der Waals surface area contributed by atoms with Gasteiger partial charge in [-0.2, -0.15) is 0 Å². The number of hydrogen-bond acceptors (Lipinski definition) is 3. The van der Waals surface area contributed by atoms with E-state index in [1.807, 2.05) is 0 Å². The summed E-state index contributed by atoms with van der Waals surface area (Å²) < 4.78 is 38.3. The second-order valence-corrected chi connectivity index (χ2v) is 7.60. The fraction of sp³-hybridized carbons (Fsp3) is 0.500. The molecule has 1 aliphatic carbocycles. The second-order valence-electron chi connectivity index (χ2n) is 5.37. The zero-order chi connectivity index (χ0) is 14.9. The lowest BCUT2D eigenvalue weighted by molar-refractivity contribution is 0.0691. The zero-order valence-electron chi connectivity index (χ0n) is 11.2. The first-order valence-electron chi connectivity index (χ1n) is 6.59. The molecule has 0 bridgehead atoms. The van der Waals surface area contributed by atoms with Gasteiger partial charge in [-0.25, -0.2) is 17.6 Å². The van der Waals surface area contributed by atoms with Crippen molar-refractivity contribution in [1.82, 2.24) is 0 Å². The Kier molecular flexibility index (Phi) is 4.13. The van der Waals surface area contributed by atoms with Crippen LogP contribution in [0, 0.1) is 11.7 Å². The molecule has 0 heterocycles. The number of hydrogen-bond donors (Lipinski definition) is 1. The summed E-state index contributed by atoms with van der Waals surface area (Å²) in [5, 5.41) is 8.37. The minimum Gasteiger partial charge on any atom is -0.478 e. The summed E-state index contributed by atoms with van der Waals surface area (Å²) in [5.41, 5.74) is -0.602. The Morgan fingerprint density at radius 3 is 2.40 bits per heavy atom. The van der Waals surface area contributed by atoms with E-state index in [9.17, 15) is 17.6 Å². The van der Waals surface area contributed by atoms with Gasteiger partial charge in [-0.05, 0) is 49.8 Å². The van der Waals surface area contributed by atoms with E-state index in [1.54, 1.807) is 0 Å². The number of carboxylic acids is 1. The number of benzene rings is 1. The molecule has 0 radical (unpaired) electrons. The van der Waals surface area contributed by atoms with Gasteiger partial charge in [-0.1, -0.05) is 6.92 Å². The highest BCUT2D eigenvalue weighted by molar-refractivity contribution is 7.92. The van der Waals surface area contributed by atoms with Gasteiger partial charge < -0.3 is 5.11 Å². The normalized spacial score (nSPS) is 23.5. The molecule has 1 aromatic carbocycles. The van der Waals surface area contributed by atoms with Crippen molar-refractivity contribution >= 4 is 15.8 Å². The van der Waals surface area contributed by atoms with Crippen LogP contribution in [-0.2, 0) is 9.84 Å². The minimum absolute atomic E-state index is 0.101. The molecule has 4 nitrogen and oxygen atoms in total. The number of aromatic carboxylic acids is 1. The van der Waals surface area contributed by atoms with Crippen molar-refractivity contribution in [3.8, 4) is 0 Å². The molecule has 0 aliphatic heterocycles. The van der Waals surface area contributed by atoms with Crippen LogP contribution in [0.2, 0.25) is 0 Å². The van der Waals surface area contributed by atoms with Crippen molar-refractivity contribution in [2.24, 2.45) is 5.92 Å². The Morgan fingerprint density at radius 1 is 1.25 bits per heavy atom. The van der Waals surface area contributed by atoms with E-state index in [2.05, 4.69) is 6.92 Å². The summed E-state index contributed by atoms with van der Waals surface area (Å²) in [4.78, 5) is 10.8. The largest absolute Gasteiger partial charge is 0.478 e. The molecule has 1 aromatic rings. The molecule has 0 saturated heterocycles. The van der Waals surface area contributed by atoms with E-state index >= 15 is 0 Å². The maximum absolute atomic E-state index is 13.3. The van der Waals surface area contributed by atoms with Crippen molar-refractivity contribution in [1.29, 1.82) is 0 Å². The third-order valence-electron chi connectivity index (χ3n) is 3.90. The van der Waals surface area contributed by atoms with Crippen molar-refractivity contribution in [3.05, 3.63) is 29.6 Å². The molecule has 0 spiro atoms. The number of rotatable bonds is 3. The number of carbonyl (C=O) groups is 1. The van der Waals surface area contributed by atoms with E-state index in [-0.39, 0.29) is 4.90 Å². The van der Waals surface area contributed by atoms with E-state index in [1.165, 1.54) is 0 Å². The summed E-state index contributed by atoms with van der Waals surface area (Å²) >= 11 is 0. The molecule has 1 fully saturated rings. The Bertz CT molecular complexity index is 616. The van der Waals surface area contributed by atoms with Crippen LogP contribution in [0.1, 0.15) is 43.0 Å². The SMILES string of the molecule is CC1CCC(S(=O)(=O)c2ccc(F)c(C(=O)O)c2)CC1. The molecule has 1 aliphatic rings. The highest BCUT2D eigenvalue weighted by Gasteiger charge is 2.31. The van der Waals surface area contributed by atoms with E-state index in [0.717, 1.165) is 31.0 Å². The topological polar surface area (TPSA) is 71.4 Å². The van der Waals surface area contributed by atoms with Crippen LogP contribution in [0.4, 0.5) is 4.39 Å². The smallest absolute Gasteiger partial charge is 0.338 e. The van der Waals surface area contributed by atoms with E-state index in [4.69, 9.17) is 5.11 Å². The van der Waals surface area contributed by atoms with Crippen molar-refractivity contribution in [2.45, 2.75) is 42.8 Å². The first-order chi connectivity index (χ1) is 9.32. The Hall–Kier alpha value is -1.43. The van der Waals surface area contributed by atoms with Crippen molar-refractivity contribution in [2.75, 3.05) is 0 Å². The standard InChI is InChI=1S/C14H17FO4S/c1-9-2-4-10(5-3-9)20(18,19)11-6-7-13(15)12(8-11)14(16)17/h6-10H,2-5H2,1H3,(H,16,17). The van der Waals surface area contributed by atoms with Crippen LogP contribution < -0.4 is 0 Å². The maximum atomic E-state index is 13.3. The van der Waals surface area contributed by atoms with Crippen LogP contribution in [0.3, 0.4) is 0 Å². The predicted molar refractivity (Wildman–Crippen MR) is 72.0 cm³/mol. The highest BCUT2D eigenvalue weighted by Crippen LogP contribution is 2.32. The molecular formula is C14H17FO4S.